The topological polar surface area (TPSA) is 46.4 Å². The predicted molar refractivity (Wildman–Crippen MR) is 104 cm³/mol. The maximum Gasteiger partial charge on any atom is 0.251 e. The van der Waals surface area contributed by atoms with E-state index < -0.39 is 0 Å². The minimum Gasteiger partial charge on any atom is -0.355 e. The lowest BCUT2D eigenvalue weighted by molar-refractivity contribution is 0.0963. The second-order valence-corrected chi connectivity index (χ2v) is 6.45. The van der Waals surface area contributed by atoms with Gasteiger partial charge in [0.1, 0.15) is 11.5 Å². The number of fused-ring (bicyclic) bond motifs is 1. The molecule has 4 aromatic rings. The van der Waals surface area contributed by atoms with Crippen molar-refractivity contribution in [2.24, 2.45) is 0 Å². The number of nitrogens with zero attached hydrogens (tertiary/aromatic N) is 2. The van der Waals surface area contributed by atoms with Crippen LogP contribution in [-0.4, -0.2) is 22.6 Å². The van der Waals surface area contributed by atoms with E-state index >= 15 is 0 Å². The molecule has 0 saturated heterocycles. The van der Waals surface area contributed by atoms with Gasteiger partial charge in [-0.25, -0.2) is 8.91 Å². The van der Waals surface area contributed by atoms with Gasteiger partial charge in [0.15, 0.2) is 0 Å². The van der Waals surface area contributed by atoms with Crippen molar-refractivity contribution in [2.45, 2.75) is 0 Å². The van der Waals surface area contributed by atoms with Crippen molar-refractivity contribution in [1.82, 2.24) is 14.9 Å². The van der Waals surface area contributed by atoms with Crippen molar-refractivity contribution in [2.75, 3.05) is 7.05 Å². The van der Waals surface area contributed by atoms with Crippen LogP contribution in [0.1, 0.15) is 10.4 Å². The number of carbonyl (C=O) groups is 1. The molecule has 4 nitrogen and oxygen atoms in total. The number of hydrogen-bond donors (Lipinski definition) is 1. The molecule has 0 aliphatic heterocycles. The van der Waals surface area contributed by atoms with Crippen LogP contribution in [0.2, 0.25) is 5.02 Å². The van der Waals surface area contributed by atoms with E-state index in [1.807, 2.05) is 36.5 Å². The van der Waals surface area contributed by atoms with E-state index in [2.05, 4.69) is 10.4 Å². The molecule has 0 bridgehead atoms. The number of carbonyl (C=O) groups excluding carboxylic acids is 1. The Morgan fingerprint density at radius 3 is 2.52 bits per heavy atom. The summed E-state index contributed by atoms with van der Waals surface area (Å²) in [5.41, 5.74) is 4.47. The van der Waals surface area contributed by atoms with Gasteiger partial charge < -0.3 is 5.32 Å². The Morgan fingerprint density at radius 2 is 1.78 bits per heavy atom. The van der Waals surface area contributed by atoms with Crippen molar-refractivity contribution < 1.29 is 9.18 Å². The van der Waals surface area contributed by atoms with Gasteiger partial charge in [-0.05, 0) is 59.7 Å². The number of rotatable bonds is 3. The van der Waals surface area contributed by atoms with Crippen LogP contribution in [0.5, 0.6) is 0 Å². The molecule has 0 radical (unpaired) electrons. The smallest absolute Gasteiger partial charge is 0.251 e. The molecular weight excluding hydrogens is 365 g/mol. The Kier molecular flexibility index (Phi) is 4.38. The first kappa shape index (κ1) is 17.2. The zero-order chi connectivity index (χ0) is 19.0. The van der Waals surface area contributed by atoms with Crippen molar-refractivity contribution in [3.05, 3.63) is 83.3 Å². The van der Waals surface area contributed by atoms with Gasteiger partial charge in [-0.15, -0.1) is 0 Å². The maximum absolute atomic E-state index is 13.2. The quantitative estimate of drug-likeness (QED) is 0.554. The summed E-state index contributed by atoms with van der Waals surface area (Å²) >= 11 is 6.55. The van der Waals surface area contributed by atoms with Crippen molar-refractivity contribution in [3.63, 3.8) is 0 Å². The van der Waals surface area contributed by atoms with Crippen molar-refractivity contribution >= 4 is 23.0 Å². The minimum atomic E-state index is -0.308. The third-order valence-corrected chi connectivity index (χ3v) is 4.75. The highest BCUT2D eigenvalue weighted by Gasteiger charge is 2.14. The number of pyridine rings is 1. The maximum atomic E-state index is 13.2. The van der Waals surface area contributed by atoms with E-state index in [-0.39, 0.29) is 11.7 Å². The molecule has 0 atom stereocenters. The molecule has 0 aliphatic rings. The van der Waals surface area contributed by atoms with Crippen molar-refractivity contribution in [1.29, 1.82) is 0 Å². The molecule has 134 valence electrons. The molecule has 4 rings (SSSR count). The first-order valence-corrected chi connectivity index (χ1v) is 8.71. The summed E-state index contributed by atoms with van der Waals surface area (Å²) in [5.74, 6) is -0.448. The molecule has 2 heterocycles. The Morgan fingerprint density at radius 1 is 1.04 bits per heavy atom. The Labute approximate surface area is 160 Å². The molecule has 0 fully saturated rings. The van der Waals surface area contributed by atoms with Crippen molar-refractivity contribution in [3.8, 4) is 22.4 Å². The average Bonchev–Trinajstić information content (AvgIpc) is 3.04. The molecule has 0 unspecified atom stereocenters. The monoisotopic (exact) mass is 379 g/mol. The van der Waals surface area contributed by atoms with Crippen LogP contribution < -0.4 is 5.32 Å². The molecule has 6 heteroatoms. The van der Waals surface area contributed by atoms with E-state index in [4.69, 9.17) is 11.6 Å². The van der Waals surface area contributed by atoms with Crippen LogP contribution in [-0.2, 0) is 0 Å². The second-order valence-electron chi connectivity index (χ2n) is 6.07. The molecule has 0 saturated carbocycles. The molecule has 1 amide bonds. The number of hydrogen-bond acceptors (Lipinski definition) is 2. The molecule has 0 spiro atoms. The van der Waals surface area contributed by atoms with Gasteiger partial charge in [-0.1, -0.05) is 23.7 Å². The normalized spacial score (nSPS) is 10.9. The zero-order valence-corrected chi connectivity index (χ0v) is 15.2. The summed E-state index contributed by atoms with van der Waals surface area (Å²) in [6.07, 6.45) is 1.82. The molecule has 2 aromatic carbocycles. The largest absolute Gasteiger partial charge is 0.355 e. The fourth-order valence-corrected chi connectivity index (χ4v) is 3.26. The van der Waals surface area contributed by atoms with Gasteiger partial charge in [0.2, 0.25) is 0 Å². The highest BCUT2D eigenvalue weighted by atomic mass is 35.5. The second kappa shape index (κ2) is 6.85. The Balaban J connectivity index is 1.80. The third-order valence-electron chi connectivity index (χ3n) is 4.38. The minimum absolute atomic E-state index is 0.140. The molecule has 27 heavy (non-hydrogen) atoms. The van der Waals surface area contributed by atoms with Gasteiger partial charge in [0.05, 0.1) is 10.5 Å². The Hall–Kier alpha value is -3.18. The molecule has 2 aromatic heterocycles. The fraction of sp³-hybridized carbons (Fsp3) is 0.0476. The predicted octanol–water partition coefficient (Wildman–Crippen LogP) is 4.82. The summed E-state index contributed by atoms with van der Waals surface area (Å²) in [6, 6.07) is 17.3. The number of aromatic nitrogens is 2. The summed E-state index contributed by atoms with van der Waals surface area (Å²) < 4.78 is 14.9. The van der Waals surface area contributed by atoms with Gasteiger partial charge in [-0.2, -0.15) is 5.10 Å². The molecule has 0 aliphatic carbocycles. The van der Waals surface area contributed by atoms with E-state index in [0.717, 1.165) is 22.2 Å². The Bertz CT molecular complexity index is 1150. The van der Waals surface area contributed by atoms with Crippen LogP contribution in [0.15, 0.2) is 66.9 Å². The van der Waals surface area contributed by atoms with Gasteiger partial charge in [0, 0.05) is 24.4 Å². The van der Waals surface area contributed by atoms with Gasteiger partial charge in [0.25, 0.3) is 5.91 Å². The van der Waals surface area contributed by atoms with E-state index in [9.17, 15) is 9.18 Å². The summed E-state index contributed by atoms with van der Waals surface area (Å²) in [4.78, 5) is 11.9. The fourth-order valence-electron chi connectivity index (χ4n) is 2.97. The van der Waals surface area contributed by atoms with E-state index in [1.54, 1.807) is 29.8 Å². The number of nitrogens with one attached hydrogen (secondary N) is 1. The number of amides is 1. The number of benzene rings is 2. The highest BCUT2D eigenvalue weighted by Crippen LogP contribution is 2.33. The standard InChI is InChI=1S/C21H15ClFN3O/c1-24-21(27)16-4-2-3-14(11-16)15-9-10-26-18(12-15)19(22)20(25-26)13-5-7-17(23)8-6-13/h2-12H,1H3,(H,24,27). The first-order valence-electron chi connectivity index (χ1n) is 8.33. The van der Waals surface area contributed by atoms with Crippen LogP contribution >= 0.6 is 11.6 Å². The van der Waals surface area contributed by atoms with Crippen LogP contribution in [0.4, 0.5) is 4.39 Å². The number of halogens is 2. The van der Waals surface area contributed by atoms with Crippen LogP contribution in [0.25, 0.3) is 27.9 Å². The van der Waals surface area contributed by atoms with Crippen LogP contribution in [0.3, 0.4) is 0 Å². The third kappa shape index (κ3) is 3.17. The first-order chi connectivity index (χ1) is 13.1. The lowest BCUT2D eigenvalue weighted by Gasteiger charge is -2.05. The summed E-state index contributed by atoms with van der Waals surface area (Å²) in [5, 5.41) is 7.62. The highest BCUT2D eigenvalue weighted by molar-refractivity contribution is 6.36. The average molecular weight is 380 g/mol. The lowest BCUT2D eigenvalue weighted by atomic mass is 10.0. The summed E-state index contributed by atoms with van der Waals surface area (Å²) in [7, 11) is 1.60. The molecule has 1 N–H and O–H groups in total. The molecular formula is C21H15ClFN3O. The van der Waals surface area contributed by atoms with E-state index in [0.29, 0.717) is 16.3 Å². The zero-order valence-electron chi connectivity index (χ0n) is 14.4. The lowest BCUT2D eigenvalue weighted by Crippen LogP contribution is -2.17. The van der Waals surface area contributed by atoms with Crippen LogP contribution in [0, 0.1) is 5.82 Å². The van der Waals surface area contributed by atoms with Gasteiger partial charge >= 0.3 is 0 Å². The SMILES string of the molecule is CNC(=O)c1cccc(-c2ccn3nc(-c4ccc(F)cc4)c(Cl)c3c2)c1. The summed E-state index contributed by atoms with van der Waals surface area (Å²) in [6.45, 7) is 0. The van der Waals surface area contributed by atoms with E-state index in [1.165, 1.54) is 12.1 Å². The van der Waals surface area contributed by atoms with Gasteiger partial charge in [-0.3, -0.25) is 4.79 Å².